The van der Waals surface area contributed by atoms with Gasteiger partial charge in [0.25, 0.3) is 5.56 Å². The quantitative estimate of drug-likeness (QED) is 0.692. The predicted octanol–water partition coefficient (Wildman–Crippen LogP) is 3.45. The number of para-hydroxylation sites is 1. The first-order chi connectivity index (χ1) is 11.7. The third-order valence-corrected chi connectivity index (χ3v) is 4.92. The van der Waals surface area contributed by atoms with Crippen LogP contribution in [0, 0.1) is 16.1 Å². The number of aryl methyl sites for hydroxylation is 1. The van der Waals surface area contributed by atoms with Crippen LogP contribution in [0.1, 0.15) is 30.5 Å². The van der Waals surface area contributed by atoms with Gasteiger partial charge in [-0.15, -0.1) is 0 Å². The van der Waals surface area contributed by atoms with E-state index in [2.05, 4.69) is 11.1 Å². The maximum Gasteiger partial charge on any atom is 0.283 e. The molecule has 120 valence electrons. The average molecular weight is 336 g/mol. The second-order valence-corrected chi connectivity index (χ2v) is 6.41. The molecule has 0 aliphatic carbocycles. The van der Waals surface area contributed by atoms with E-state index in [0.717, 1.165) is 43.6 Å². The van der Waals surface area contributed by atoms with Crippen molar-refractivity contribution in [1.82, 2.24) is 14.1 Å². The zero-order chi connectivity index (χ0) is 16.7. The normalized spacial score (nSPS) is 14.1. The lowest BCUT2D eigenvalue weighted by Crippen LogP contribution is -2.22. The summed E-state index contributed by atoms with van der Waals surface area (Å²) in [6.45, 7) is 0.766. The number of H-pyrrole nitrogens is 1. The Bertz CT molecular complexity index is 1080. The van der Waals surface area contributed by atoms with Crippen molar-refractivity contribution >= 4 is 23.3 Å². The Kier molecular flexibility index (Phi) is 3.58. The van der Waals surface area contributed by atoms with E-state index in [4.69, 9.17) is 12.2 Å². The van der Waals surface area contributed by atoms with Crippen LogP contribution in [0.4, 0.5) is 0 Å². The molecule has 2 aromatic heterocycles. The van der Waals surface area contributed by atoms with Crippen molar-refractivity contribution in [2.45, 2.75) is 32.2 Å². The van der Waals surface area contributed by atoms with Crippen molar-refractivity contribution in [2.24, 2.45) is 0 Å². The molecule has 6 heteroatoms. The van der Waals surface area contributed by atoms with Gasteiger partial charge < -0.3 is 9.55 Å². The first-order valence-corrected chi connectivity index (χ1v) is 8.49. The molecule has 24 heavy (non-hydrogen) atoms. The molecule has 0 saturated carbocycles. The number of nitrogens with one attached hydrogen (secondary N) is 1. The zero-order valence-electron chi connectivity index (χ0n) is 13.1. The number of benzene rings is 1. The Labute approximate surface area is 143 Å². The lowest BCUT2D eigenvalue weighted by atomic mass is 10.1. The summed E-state index contributed by atoms with van der Waals surface area (Å²) in [5.74, 6) is 0. The summed E-state index contributed by atoms with van der Waals surface area (Å²) in [7, 11) is 0. The summed E-state index contributed by atoms with van der Waals surface area (Å²) in [4.78, 5) is 16.3. The minimum Gasteiger partial charge on any atom is -0.337 e. The van der Waals surface area contributed by atoms with E-state index in [1.165, 1.54) is 4.57 Å². The minimum atomic E-state index is -0.162. The molecule has 3 heterocycles. The first kappa shape index (κ1) is 14.9. The highest BCUT2D eigenvalue weighted by atomic mass is 32.1. The van der Waals surface area contributed by atoms with Gasteiger partial charge in [-0.05, 0) is 43.6 Å². The number of hydrogen-bond donors (Lipinski definition) is 1. The Morgan fingerprint density at radius 2 is 1.96 bits per heavy atom. The maximum absolute atomic E-state index is 13.2. The standard InChI is InChI=1S/C18H16N4OS/c19-11-13-14-9-5-2-6-10-21(14)16-15(13)20-18(24)22(17(16)23)12-7-3-1-4-8-12/h1,3-4,7-8H,2,5-6,9-10H2,(H,20,24). The summed E-state index contributed by atoms with van der Waals surface area (Å²) in [5, 5.41) is 9.61. The van der Waals surface area contributed by atoms with E-state index in [1.807, 2.05) is 34.9 Å². The Morgan fingerprint density at radius 3 is 2.71 bits per heavy atom. The van der Waals surface area contributed by atoms with Crippen LogP contribution >= 0.6 is 12.2 Å². The number of nitrogens with zero attached hydrogens (tertiary/aromatic N) is 3. The van der Waals surface area contributed by atoms with Crippen LogP contribution in [-0.4, -0.2) is 14.1 Å². The fourth-order valence-electron chi connectivity index (χ4n) is 3.55. The van der Waals surface area contributed by atoms with Gasteiger partial charge in [0.05, 0.1) is 16.8 Å². The van der Waals surface area contributed by atoms with Gasteiger partial charge >= 0.3 is 0 Å². The second-order valence-electron chi connectivity index (χ2n) is 6.03. The Hall–Kier alpha value is -2.65. The van der Waals surface area contributed by atoms with Crippen LogP contribution < -0.4 is 5.56 Å². The molecule has 0 amide bonds. The van der Waals surface area contributed by atoms with Crippen LogP contribution in [0.5, 0.6) is 0 Å². The topological polar surface area (TPSA) is 66.5 Å². The molecule has 0 radical (unpaired) electrons. The van der Waals surface area contributed by atoms with Gasteiger partial charge in [0.15, 0.2) is 4.77 Å². The highest BCUT2D eigenvalue weighted by molar-refractivity contribution is 7.71. The van der Waals surface area contributed by atoms with E-state index in [9.17, 15) is 10.1 Å². The third kappa shape index (κ3) is 2.13. The minimum absolute atomic E-state index is 0.162. The smallest absolute Gasteiger partial charge is 0.283 e. The van der Waals surface area contributed by atoms with Gasteiger partial charge in [-0.1, -0.05) is 24.6 Å². The van der Waals surface area contributed by atoms with E-state index < -0.39 is 0 Å². The molecule has 1 aliphatic heterocycles. The van der Waals surface area contributed by atoms with Gasteiger partial charge in [0, 0.05) is 12.2 Å². The van der Waals surface area contributed by atoms with Crippen molar-refractivity contribution in [3.8, 4) is 11.8 Å². The number of rotatable bonds is 1. The second kappa shape index (κ2) is 5.77. The lowest BCUT2D eigenvalue weighted by Gasteiger charge is -2.09. The molecule has 0 unspecified atom stereocenters. The van der Waals surface area contributed by atoms with Crippen molar-refractivity contribution in [3.63, 3.8) is 0 Å². The molecular formula is C18H16N4OS. The Morgan fingerprint density at radius 1 is 1.17 bits per heavy atom. The fourth-order valence-corrected chi connectivity index (χ4v) is 3.84. The van der Waals surface area contributed by atoms with Gasteiger partial charge in [0.2, 0.25) is 0 Å². The van der Waals surface area contributed by atoms with Crippen molar-refractivity contribution in [2.75, 3.05) is 0 Å². The lowest BCUT2D eigenvalue weighted by molar-refractivity contribution is 0.646. The summed E-state index contributed by atoms with van der Waals surface area (Å²) >= 11 is 5.41. The van der Waals surface area contributed by atoms with Gasteiger partial charge in [-0.25, -0.2) is 0 Å². The van der Waals surface area contributed by atoms with Crippen molar-refractivity contribution < 1.29 is 0 Å². The molecule has 5 nitrogen and oxygen atoms in total. The van der Waals surface area contributed by atoms with Crippen LogP contribution in [0.2, 0.25) is 0 Å². The third-order valence-electron chi connectivity index (χ3n) is 4.63. The molecule has 0 atom stereocenters. The van der Waals surface area contributed by atoms with Gasteiger partial charge in [0.1, 0.15) is 11.6 Å². The number of aromatic amines is 1. The van der Waals surface area contributed by atoms with Crippen molar-refractivity contribution in [3.05, 3.63) is 56.7 Å². The Balaban J connectivity index is 2.14. The molecule has 4 rings (SSSR count). The average Bonchev–Trinajstić information content (AvgIpc) is 2.72. The molecule has 1 aliphatic rings. The maximum atomic E-state index is 13.2. The fraction of sp³-hybridized carbons (Fsp3) is 0.278. The van der Waals surface area contributed by atoms with Crippen LogP contribution in [0.15, 0.2) is 35.1 Å². The van der Waals surface area contributed by atoms with Gasteiger partial charge in [-0.2, -0.15) is 5.26 Å². The molecule has 3 aromatic rings. The van der Waals surface area contributed by atoms with E-state index in [-0.39, 0.29) is 5.56 Å². The highest BCUT2D eigenvalue weighted by Gasteiger charge is 2.23. The molecule has 0 fully saturated rings. The monoisotopic (exact) mass is 336 g/mol. The van der Waals surface area contributed by atoms with Crippen LogP contribution in [0.3, 0.4) is 0 Å². The SMILES string of the molecule is N#Cc1c2n(c3c(=O)n(-c4ccccc4)c(=S)[nH]c13)CCCCC2. The summed E-state index contributed by atoms with van der Waals surface area (Å²) < 4.78 is 3.85. The van der Waals surface area contributed by atoms with Crippen LogP contribution in [0.25, 0.3) is 16.7 Å². The molecule has 1 N–H and O–H groups in total. The molecule has 0 saturated heterocycles. The number of aromatic nitrogens is 3. The number of nitriles is 1. The zero-order valence-corrected chi connectivity index (χ0v) is 13.9. The number of hydrogen-bond acceptors (Lipinski definition) is 3. The largest absolute Gasteiger partial charge is 0.337 e. The first-order valence-electron chi connectivity index (χ1n) is 8.08. The summed E-state index contributed by atoms with van der Waals surface area (Å²) in [5.41, 5.74) is 3.23. The van der Waals surface area contributed by atoms with E-state index in [0.29, 0.717) is 21.4 Å². The highest BCUT2D eigenvalue weighted by Crippen LogP contribution is 2.27. The molecule has 0 spiro atoms. The molecule has 1 aromatic carbocycles. The summed E-state index contributed by atoms with van der Waals surface area (Å²) in [6.07, 6.45) is 3.99. The molecular weight excluding hydrogens is 320 g/mol. The van der Waals surface area contributed by atoms with Crippen molar-refractivity contribution in [1.29, 1.82) is 5.26 Å². The number of fused-ring (bicyclic) bond motifs is 3. The predicted molar refractivity (Wildman–Crippen MR) is 95.0 cm³/mol. The van der Waals surface area contributed by atoms with Gasteiger partial charge in [-0.3, -0.25) is 9.36 Å². The van der Waals surface area contributed by atoms with Crippen LogP contribution in [-0.2, 0) is 13.0 Å². The van der Waals surface area contributed by atoms with E-state index >= 15 is 0 Å². The summed E-state index contributed by atoms with van der Waals surface area (Å²) in [6, 6.07) is 11.6. The molecule has 0 bridgehead atoms. The van der Waals surface area contributed by atoms with E-state index in [1.54, 1.807) is 0 Å².